The summed E-state index contributed by atoms with van der Waals surface area (Å²) in [7, 11) is -2.89. The molecular formula is C17H26O3S. The van der Waals surface area contributed by atoms with Gasteiger partial charge in [-0.1, -0.05) is 37.3 Å². The number of benzene rings is 1. The van der Waals surface area contributed by atoms with E-state index < -0.39 is 9.84 Å². The molecule has 1 fully saturated rings. The maximum Gasteiger partial charge on any atom is 0.150 e. The normalized spacial score (nSPS) is 26.7. The summed E-state index contributed by atoms with van der Waals surface area (Å²) < 4.78 is 23.1. The lowest BCUT2D eigenvalue weighted by molar-refractivity contribution is 0.0571. The maximum absolute atomic E-state index is 11.5. The van der Waals surface area contributed by atoms with Gasteiger partial charge in [-0.2, -0.15) is 0 Å². The highest BCUT2D eigenvalue weighted by atomic mass is 32.2. The fraction of sp³-hybridized carbons (Fsp3) is 0.647. The van der Waals surface area contributed by atoms with Gasteiger partial charge in [0.15, 0.2) is 0 Å². The number of rotatable bonds is 6. The smallest absolute Gasteiger partial charge is 0.150 e. The SMILES string of the molecule is CCS(=O)(=O)CCCC1CC(c2ccccc2)CCC1O. The van der Waals surface area contributed by atoms with E-state index in [2.05, 4.69) is 24.3 Å². The zero-order chi connectivity index (χ0) is 15.3. The van der Waals surface area contributed by atoms with Crippen LogP contribution in [0.15, 0.2) is 30.3 Å². The van der Waals surface area contributed by atoms with Gasteiger partial charge in [-0.15, -0.1) is 0 Å². The van der Waals surface area contributed by atoms with Crippen LogP contribution in [0, 0.1) is 5.92 Å². The van der Waals surface area contributed by atoms with Crippen LogP contribution in [0.5, 0.6) is 0 Å². The molecule has 1 N–H and O–H groups in total. The van der Waals surface area contributed by atoms with Gasteiger partial charge in [0.1, 0.15) is 9.84 Å². The van der Waals surface area contributed by atoms with Crippen LogP contribution in [-0.2, 0) is 9.84 Å². The Balaban J connectivity index is 1.90. The average Bonchev–Trinajstić information content (AvgIpc) is 2.50. The molecule has 118 valence electrons. The van der Waals surface area contributed by atoms with Gasteiger partial charge in [0.05, 0.1) is 11.9 Å². The summed E-state index contributed by atoms with van der Waals surface area (Å²) in [6.45, 7) is 1.69. The molecule has 0 bridgehead atoms. The van der Waals surface area contributed by atoms with E-state index in [4.69, 9.17) is 0 Å². The minimum Gasteiger partial charge on any atom is -0.393 e. The number of hydrogen-bond acceptors (Lipinski definition) is 3. The predicted octanol–water partition coefficient (Wildman–Crippen LogP) is 3.15. The van der Waals surface area contributed by atoms with Gasteiger partial charge < -0.3 is 5.11 Å². The van der Waals surface area contributed by atoms with E-state index in [9.17, 15) is 13.5 Å². The fourth-order valence-electron chi connectivity index (χ4n) is 3.30. The van der Waals surface area contributed by atoms with E-state index >= 15 is 0 Å². The Morgan fingerprint density at radius 2 is 1.90 bits per heavy atom. The van der Waals surface area contributed by atoms with E-state index in [1.165, 1.54) is 5.56 Å². The molecule has 1 saturated carbocycles. The van der Waals surface area contributed by atoms with Crippen molar-refractivity contribution in [2.24, 2.45) is 5.92 Å². The summed E-state index contributed by atoms with van der Waals surface area (Å²) in [4.78, 5) is 0. The van der Waals surface area contributed by atoms with E-state index in [1.54, 1.807) is 6.92 Å². The lowest BCUT2D eigenvalue weighted by atomic mass is 9.75. The van der Waals surface area contributed by atoms with Crippen LogP contribution in [0.2, 0.25) is 0 Å². The molecule has 2 rings (SSSR count). The topological polar surface area (TPSA) is 54.4 Å². The minimum absolute atomic E-state index is 0.215. The van der Waals surface area contributed by atoms with Gasteiger partial charge >= 0.3 is 0 Å². The van der Waals surface area contributed by atoms with Crippen LogP contribution in [-0.4, -0.2) is 31.1 Å². The van der Waals surface area contributed by atoms with E-state index in [0.29, 0.717) is 12.3 Å². The van der Waals surface area contributed by atoms with Crippen molar-refractivity contribution >= 4 is 9.84 Å². The standard InChI is InChI=1S/C17H26O3S/c1-2-21(19,20)12-6-9-16-13-15(10-11-17(16)18)14-7-4-3-5-8-14/h3-5,7-8,15-18H,2,6,9-13H2,1H3. The molecule has 0 radical (unpaired) electrons. The van der Waals surface area contributed by atoms with Crippen molar-refractivity contribution in [1.29, 1.82) is 0 Å². The quantitative estimate of drug-likeness (QED) is 0.878. The van der Waals surface area contributed by atoms with Crippen molar-refractivity contribution in [3.8, 4) is 0 Å². The molecule has 0 aromatic heterocycles. The highest BCUT2D eigenvalue weighted by Gasteiger charge is 2.29. The Morgan fingerprint density at radius 1 is 1.19 bits per heavy atom. The van der Waals surface area contributed by atoms with Gasteiger partial charge in [0.25, 0.3) is 0 Å². The van der Waals surface area contributed by atoms with E-state index in [0.717, 1.165) is 25.7 Å². The Labute approximate surface area is 128 Å². The molecular weight excluding hydrogens is 284 g/mol. The third-order valence-electron chi connectivity index (χ3n) is 4.68. The molecule has 3 unspecified atom stereocenters. The van der Waals surface area contributed by atoms with E-state index in [-0.39, 0.29) is 23.5 Å². The van der Waals surface area contributed by atoms with Crippen LogP contribution in [0.4, 0.5) is 0 Å². The molecule has 1 aliphatic carbocycles. The van der Waals surface area contributed by atoms with Crippen LogP contribution < -0.4 is 0 Å². The molecule has 1 aliphatic rings. The van der Waals surface area contributed by atoms with E-state index in [1.807, 2.05) is 6.07 Å². The van der Waals surface area contributed by atoms with Gasteiger partial charge in [0, 0.05) is 5.75 Å². The maximum atomic E-state index is 11.5. The first-order valence-corrected chi connectivity index (χ1v) is 9.77. The molecule has 4 heteroatoms. The van der Waals surface area contributed by atoms with Crippen LogP contribution in [0.1, 0.15) is 50.5 Å². The first-order valence-electron chi connectivity index (χ1n) is 7.95. The van der Waals surface area contributed by atoms with Crippen LogP contribution >= 0.6 is 0 Å². The Hall–Kier alpha value is -0.870. The zero-order valence-electron chi connectivity index (χ0n) is 12.7. The molecule has 1 aromatic carbocycles. The second-order valence-corrected chi connectivity index (χ2v) is 8.60. The highest BCUT2D eigenvalue weighted by Crippen LogP contribution is 2.38. The second-order valence-electron chi connectivity index (χ2n) is 6.13. The van der Waals surface area contributed by atoms with Crippen molar-refractivity contribution in [2.75, 3.05) is 11.5 Å². The van der Waals surface area contributed by atoms with Gasteiger partial charge in [0.2, 0.25) is 0 Å². The number of sulfone groups is 1. The molecule has 0 spiro atoms. The van der Waals surface area contributed by atoms with Gasteiger partial charge in [-0.05, 0) is 49.5 Å². The molecule has 0 aliphatic heterocycles. The molecule has 21 heavy (non-hydrogen) atoms. The minimum atomic E-state index is -2.89. The third-order valence-corrected chi connectivity index (χ3v) is 6.47. The summed E-state index contributed by atoms with van der Waals surface area (Å²) in [5, 5.41) is 10.2. The Kier molecular flexibility index (Phi) is 5.82. The largest absolute Gasteiger partial charge is 0.393 e. The van der Waals surface area contributed by atoms with Crippen molar-refractivity contribution in [3.05, 3.63) is 35.9 Å². The predicted molar refractivity (Wildman–Crippen MR) is 86.1 cm³/mol. The van der Waals surface area contributed by atoms with Crippen molar-refractivity contribution in [2.45, 2.75) is 51.0 Å². The number of aliphatic hydroxyl groups excluding tert-OH is 1. The first-order chi connectivity index (χ1) is 10.0. The van der Waals surface area contributed by atoms with Crippen LogP contribution in [0.25, 0.3) is 0 Å². The zero-order valence-corrected chi connectivity index (χ0v) is 13.6. The molecule has 0 heterocycles. The summed E-state index contributed by atoms with van der Waals surface area (Å²) >= 11 is 0. The van der Waals surface area contributed by atoms with Crippen molar-refractivity contribution in [1.82, 2.24) is 0 Å². The van der Waals surface area contributed by atoms with Crippen molar-refractivity contribution in [3.63, 3.8) is 0 Å². The summed E-state index contributed by atoms with van der Waals surface area (Å²) in [6, 6.07) is 10.4. The second kappa shape index (κ2) is 7.41. The summed E-state index contributed by atoms with van der Waals surface area (Å²) in [5.74, 6) is 1.20. The molecule has 0 amide bonds. The van der Waals surface area contributed by atoms with Crippen LogP contribution in [0.3, 0.4) is 0 Å². The Morgan fingerprint density at radius 3 is 2.57 bits per heavy atom. The molecule has 3 nitrogen and oxygen atoms in total. The average molecular weight is 310 g/mol. The fourth-order valence-corrected chi connectivity index (χ4v) is 4.19. The molecule has 1 aromatic rings. The monoisotopic (exact) mass is 310 g/mol. The van der Waals surface area contributed by atoms with Crippen molar-refractivity contribution < 1.29 is 13.5 Å². The van der Waals surface area contributed by atoms with Gasteiger partial charge in [-0.3, -0.25) is 0 Å². The lowest BCUT2D eigenvalue weighted by Gasteiger charge is -2.33. The lowest BCUT2D eigenvalue weighted by Crippen LogP contribution is -2.28. The summed E-state index contributed by atoms with van der Waals surface area (Å²) in [5.41, 5.74) is 1.34. The number of aliphatic hydroxyl groups is 1. The van der Waals surface area contributed by atoms with Gasteiger partial charge in [-0.25, -0.2) is 8.42 Å². The third kappa shape index (κ3) is 4.82. The number of hydrogen-bond donors (Lipinski definition) is 1. The first kappa shape index (κ1) is 16.5. The Bertz CT molecular complexity index is 524. The highest BCUT2D eigenvalue weighted by molar-refractivity contribution is 7.91. The molecule has 3 atom stereocenters. The summed E-state index contributed by atoms with van der Waals surface area (Å²) in [6.07, 6.45) is 4.02. The molecule has 0 saturated heterocycles.